The minimum atomic E-state index is -1.36. The van der Waals surface area contributed by atoms with Crippen LogP contribution in [0, 0.1) is 0 Å². The molecule has 0 saturated carbocycles. The molecule has 0 aliphatic carbocycles. The van der Waals surface area contributed by atoms with Crippen molar-refractivity contribution in [3.63, 3.8) is 0 Å². The molecule has 1 aromatic rings. The van der Waals surface area contributed by atoms with E-state index in [9.17, 15) is 19.8 Å². The van der Waals surface area contributed by atoms with Gasteiger partial charge in [-0.15, -0.1) is 0 Å². The maximum atomic E-state index is 11.4. The van der Waals surface area contributed by atoms with Gasteiger partial charge in [0.15, 0.2) is 0 Å². The van der Waals surface area contributed by atoms with E-state index in [0.717, 1.165) is 5.56 Å². The first kappa shape index (κ1) is 17.9. The molecule has 1 amide bonds. The Morgan fingerprint density at radius 3 is 2.41 bits per heavy atom. The van der Waals surface area contributed by atoms with Gasteiger partial charge in [0.05, 0.1) is 12.2 Å². The summed E-state index contributed by atoms with van der Waals surface area (Å²) in [6.45, 7) is -0.198. The van der Waals surface area contributed by atoms with E-state index in [1.165, 1.54) is 0 Å². The number of aliphatic hydroxyl groups excluding tert-OH is 2. The normalized spacial score (nSPS) is 14.7. The average molecular weight is 312 g/mol. The molecule has 0 aliphatic heterocycles. The topological polar surface area (TPSA) is 142 Å². The van der Waals surface area contributed by atoms with E-state index in [0.29, 0.717) is 0 Å². The number of aliphatic hydroxyl groups is 2. The van der Waals surface area contributed by atoms with Crippen LogP contribution in [0.1, 0.15) is 12.0 Å². The highest BCUT2D eigenvalue weighted by molar-refractivity contribution is 5.73. The fourth-order valence-corrected chi connectivity index (χ4v) is 1.62. The highest BCUT2D eigenvalue weighted by Crippen LogP contribution is 2.03. The summed E-state index contributed by atoms with van der Waals surface area (Å²) in [7, 11) is 0. The Bertz CT molecular complexity index is 481. The van der Waals surface area contributed by atoms with Crippen LogP contribution in [0.25, 0.3) is 0 Å². The van der Waals surface area contributed by atoms with Crippen molar-refractivity contribution >= 4 is 12.1 Å². The lowest BCUT2D eigenvalue weighted by Gasteiger charge is -2.19. The molecule has 0 fully saturated rings. The van der Waals surface area contributed by atoms with Crippen LogP contribution < -0.4 is 11.1 Å². The van der Waals surface area contributed by atoms with E-state index in [1.807, 2.05) is 18.2 Å². The highest BCUT2D eigenvalue weighted by atomic mass is 16.5. The second-order valence-electron chi connectivity index (χ2n) is 4.76. The number of carboxylic acids is 1. The van der Waals surface area contributed by atoms with Crippen molar-refractivity contribution in [1.82, 2.24) is 5.32 Å². The number of ether oxygens (including phenoxy) is 1. The Kier molecular flexibility index (Phi) is 7.30. The summed E-state index contributed by atoms with van der Waals surface area (Å²) in [6, 6.07) is 7.75. The van der Waals surface area contributed by atoms with Gasteiger partial charge in [-0.25, -0.2) is 4.79 Å². The van der Waals surface area contributed by atoms with Crippen molar-refractivity contribution in [3.05, 3.63) is 35.9 Å². The van der Waals surface area contributed by atoms with Crippen molar-refractivity contribution in [2.45, 2.75) is 31.3 Å². The molecule has 122 valence electrons. The van der Waals surface area contributed by atoms with Crippen LogP contribution >= 0.6 is 0 Å². The van der Waals surface area contributed by atoms with Crippen LogP contribution in [0.5, 0.6) is 0 Å². The van der Waals surface area contributed by atoms with Crippen LogP contribution in [0.2, 0.25) is 0 Å². The molecule has 0 aromatic heterocycles. The van der Waals surface area contributed by atoms with E-state index in [4.69, 9.17) is 15.6 Å². The average Bonchev–Trinajstić information content (AvgIpc) is 2.51. The number of carboxylic acid groups (broad SMARTS) is 1. The minimum absolute atomic E-state index is 0.0786. The van der Waals surface area contributed by atoms with Crippen molar-refractivity contribution in [2.24, 2.45) is 5.73 Å². The monoisotopic (exact) mass is 312 g/mol. The molecule has 0 heterocycles. The number of aliphatic carboxylic acids is 1. The second-order valence-corrected chi connectivity index (χ2v) is 4.76. The fourth-order valence-electron chi connectivity index (χ4n) is 1.62. The van der Waals surface area contributed by atoms with Gasteiger partial charge in [-0.1, -0.05) is 30.3 Å². The third kappa shape index (κ3) is 6.53. The molecule has 3 unspecified atom stereocenters. The van der Waals surface area contributed by atoms with Gasteiger partial charge in [-0.2, -0.15) is 0 Å². The number of alkyl carbamates (subject to hydrolysis) is 1. The molecule has 0 bridgehead atoms. The first-order chi connectivity index (χ1) is 10.4. The second kappa shape index (κ2) is 8.98. The predicted molar refractivity (Wildman–Crippen MR) is 76.9 cm³/mol. The number of hydrogen-bond acceptors (Lipinski definition) is 6. The fraction of sp³-hybridized carbons (Fsp3) is 0.429. The Labute approximate surface area is 127 Å². The van der Waals surface area contributed by atoms with Crippen LogP contribution in [-0.4, -0.2) is 52.2 Å². The molecule has 0 spiro atoms. The molecular formula is C14H20N2O6. The molecule has 0 radical (unpaired) electrons. The number of carbonyl (C=O) groups is 2. The Hall–Kier alpha value is -2.16. The van der Waals surface area contributed by atoms with E-state index < -0.39 is 30.3 Å². The molecule has 8 nitrogen and oxygen atoms in total. The summed E-state index contributed by atoms with van der Waals surface area (Å²) in [5.74, 6) is -1.28. The predicted octanol–water partition coefficient (Wildman–Crippen LogP) is -0.563. The summed E-state index contributed by atoms with van der Waals surface area (Å²) in [5.41, 5.74) is 6.05. The van der Waals surface area contributed by atoms with Crippen molar-refractivity contribution in [1.29, 1.82) is 0 Å². The summed E-state index contributed by atoms with van der Waals surface area (Å²) in [5, 5.41) is 30.1. The van der Waals surface area contributed by atoms with Gasteiger partial charge in [-0.05, 0) is 5.56 Å². The summed E-state index contributed by atoms with van der Waals surface area (Å²) < 4.78 is 4.92. The van der Waals surface area contributed by atoms with E-state index >= 15 is 0 Å². The Balaban J connectivity index is 2.26. The largest absolute Gasteiger partial charge is 0.480 e. The lowest BCUT2D eigenvalue weighted by atomic mass is 10.1. The zero-order valence-corrected chi connectivity index (χ0v) is 11.9. The van der Waals surface area contributed by atoms with E-state index in [-0.39, 0.29) is 19.6 Å². The third-order valence-electron chi connectivity index (χ3n) is 2.93. The van der Waals surface area contributed by atoms with Crippen LogP contribution in [-0.2, 0) is 16.1 Å². The van der Waals surface area contributed by atoms with Crippen LogP contribution in [0.15, 0.2) is 30.3 Å². The summed E-state index contributed by atoms with van der Waals surface area (Å²) >= 11 is 0. The number of amides is 1. The standard InChI is InChI=1S/C14H20N2O6/c15-10(13(19)20)6-11(17)12(18)7-16-14(21)22-8-9-4-2-1-3-5-9/h1-5,10-12,17-18H,6-8,15H2,(H,16,21)(H,19,20). The zero-order chi connectivity index (χ0) is 16.5. The molecular weight excluding hydrogens is 292 g/mol. The van der Waals surface area contributed by atoms with Crippen LogP contribution in [0.4, 0.5) is 4.79 Å². The highest BCUT2D eigenvalue weighted by Gasteiger charge is 2.23. The number of nitrogens with two attached hydrogens (primary N) is 1. The summed E-state index contributed by atoms with van der Waals surface area (Å²) in [6.07, 6.45) is -3.77. The molecule has 8 heteroatoms. The third-order valence-corrected chi connectivity index (χ3v) is 2.93. The zero-order valence-electron chi connectivity index (χ0n) is 11.9. The molecule has 22 heavy (non-hydrogen) atoms. The summed E-state index contributed by atoms with van der Waals surface area (Å²) in [4.78, 5) is 22.0. The maximum Gasteiger partial charge on any atom is 0.407 e. The molecule has 0 aliphatic rings. The maximum absolute atomic E-state index is 11.4. The Morgan fingerprint density at radius 2 is 1.82 bits per heavy atom. The molecule has 1 aromatic carbocycles. The molecule has 1 rings (SSSR count). The van der Waals surface area contributed by atoms with Crippen molar-refractivity contribution in [2.75, 3.05) is 6.54 Å². The van der Waals surface area contributed by atoms with Gasteiger partial charge in [0.2, 0.25) is 0 Å². The number of rotatable bonds is 8. The van der Waals surface area contributed by atoms with Gasteiger partial charge in [0.1, 0.15) is 12.6 Å². The lowest BCUT2D eigenvalue weighted by molar-refractivity contribution is -0.139. The number of hydrogen-bond donors (Lipinski definition) is 5. The molecule has 6 N–H and O–H groups in total. The first-order valence-corrected chi connectivity index (χ1v) is 6.69. The molecule has 3 atom stereocenters. The van der Waals surface area contributed by atoms with Gasteiger partial charge < -0.3 is 31.1 Å². The van der Waals surface area contributed by atoms with Gasteiger partial charge >= 0.3 is 12.1 Å². The SMILES string of the molecule is NC(CC(O)C(O)CNC(=O)OCc1ccccc1)C(=O)O. The Morgan fingerprint density at radius 1 is 1.18 bits per heavy atom. The van der Waals surface area contributed by atoms with Gasteiger partial charge in [-0.3, -0.25) is 4.79 Å². The smallest absolute Gasteiger partial charge is 0.407 e. The number of carbonyl (C=O) groups excluding carboxylic acids is 1. The van der Waals surface area contributed by atoms with Crippen molar-refractivity contribution < 1.29 is 29.6 Å². The van der Waals surface area contributed by atoms with E-state index in [1.54, 1.807) is 12.1 Å². The first-order valence-electron chi connectivity index (χ1n) is 6.69. The molecule has 0 saturated heterocycles. The van der Waals surface area contributed by atoms with Gasteiger partial charge in [0.25, 0.3) is 0 Å². The van der Waals surface area contributed by atoms with Crippen LogP contribution in [0.3, 0.4) is 0 Å². The number of nitrogens with one attached hydrogen (secondary N) is 1. The number of benzene rings is 1. The van der Waals surface area contributed by atoms with Gasteiger partial charge in [0, 0.05) is 13.0 Å². The minimum Gasteiger partial charge on any atom is -0.480 e. The quantitative estimate of drug-likeness (QED) is 0.433. The lowest BCUT2D eigenvalue weighted by Crippen LogP contribution is -2.43. The van der Waals surface area contributed by atoms with E-state index in [2.05, 4.69) is 5.32 Å². The van der Waals surface area contributed by atoms with Crippen molar-refractivity contribution in [3.8, 4) is 0 Å².